The Morgan fingerprint density at radius 2 is 2.12 bits per heavy atom. The van der Waals surface area contributed by atoms with E-state index in [0.29, 0.717) is 0 Å². The number of thiophene rings is 1. The summed E-state index contributed by atoms with van der Waals surface area (Å²) in [4.78, 5) is 11.6. The molecular formula is C18H18BrClN3S-. The minimum atomic E-state index is 0. The quantitative estimate of drug-likeness (QED) is 0.688. The number of benzene rings is 1. The van der Waals surface area contributed by atoms with E-state index in [-0.39, 0.29) is 12.4 Å². The van der Waals surface area contributed by atoms with Gasteiger partial charge in [0.15, 0.2) is 0 Å². The van der Waals surface area contributed by atoms with E-state index in [9.17, 15) is 0 Å². The number of nitrogens with one attached hydrogen (secondary N) is 1. The number of fused-ring (bicyclic) bond motifs is 3. The highest BCUT2D eigenvalue weighted by Crippen LogP contribution is 2.40. The summed E-state index contributed by atoms with van der Waals surface area (Å²) in [7, 11) is 0. The molecule has 1 aromatic carbocycles. The molecule has 126 valence electrons. The Bertz CT molecular complexity index is 893. The summed E-state index contributed by atoms with van der Waals surface area (Å²) in [5.74, 6) is 1.70. The molecule has 4 rings (SSSR count). The molecule has 24 heavy (non-hydrogen) atoms. The lowest BCUT2D eigenvalue weighted by Gasteiger charge is -2.18. The van der Waals surface area contributed by atoms with Crippen molar-refractivity contribution in [3.05, 3.63) is 45.0 Å². The van der Waals surface area contributed by atoms with Crippen LogP contribution in [-0.2, 0) is 12.8 Å². The Hall–Kier alpha value is -1.17. The fourth-order valence-corrected chi connectivity index (χ4v) is 4.91. The van der Waals surface area contributed by atoms with Crippen LogP contribution in [0.15, 0.2) is 29.0 Å². The molecule has 2 aromatic heterocycles. The van der Waals surface area contributed by atoms with Crippen LogP contribution in [0.2, 0.25) is 0 Å². The second-order valence-corrected chi connectivity index (χ2v) is 8.28. The van der Waals surface area contributed by atoms with Gasteiger partial charge in [0.1, 0.15) is 17.0 Å². The first-order valence-corrected chi connectivity index (χ1v) is 9.51. The van der Waals surface area contributed by atoms with E-state index in [1.807, 2.05) is 11.3 Å². The predicted octanol–water partition coefficient (Wildman–Crippen LogP) is 2.63. The van der Waals surface area contributed by atoms with E-state index in [1.54, 1.807) is 6.33 Å². The maximum atomic E-state index is 4.52. The van der Waals surface area contributed by atoms with Crippen LogP contribution in [0.5, 0.6) is 0 Å². The van der Waals surface area contributed by atoms with Gasteiger partial charge in [-0.2, -0.15) is 0 Å². The van der Waals surface area contributed by atoms with Crippen molar-refractivity contribution in [2.45, 2.75) is 33.1 Å². The average molecular weight is 424 g/mol. The van der Waals surface area contributed by atoms with Crippen LogP contribution in [-0.4, -0.2) is 9.97 Å². The lowest BCUT2D eigenvalue weighted by atomic mass is 9.89. The van der Waals surface area contributed by atoms with Crippen LogP contribution >= 0.6 is 27.3 Å². The molecule has 0 bridgehead atoms. The number of hydrogen-bond donors (Lipinski definition) is 1. The first kappa shape index (κ1) is 17.6. The zero-order valence-electron chi connectivity index (χ0n) is 13.6. The number of rotatable bonds is 2. The summed E-state index contributed by atoms with van der Waals surface area (Å²) in [6.45, 7) is 4.43. The van der Waals surface area contributed by atoms with Crippen LogP contribution in [0.25, 0.3) is 10.2 Å². The van der Waals surface area contributed by atoms with Gasteiger partial charge in [0.05, 0.1) is 5.39 Å². The van der Waals surface area contributed by atoms with E-state index in [0.717, 1.165) is 33.1 Å². The largest absolute Gasteiger partial charge is 1.00 e. The lowest BCUT2D eigenvalue weighted by Crippen LogP contribution is -3.00. The molecule has 2 heterocycles. The average Bonchev–Trinajstić information content (AvgIpc) is 2.89. The minimum Gasteiger partial charge on any atom is -1.00 e. The highest BCUT2D eigenvalue weighted by molar-refractivity contribution is 9.10. The molecule has 6 heteroatoms. The van der Waals surface area contributed by atoms with Gasteiger partial charge in [0, 0.05) is 15.0 Å². The Labute approximate surface area is 160 Å². The fraction of sp³-hybridized carbons (Fsp3) is 0.333. The molecule has 1 aliphatic carbocycles. The molecule has 0 saturated heterocycles. The Kier molecular flexibility index (Phi) is 5.13. The van der Waals surface area contributed by atoms with Gasteiger partial charge < -0.3 is 17.7 Å². The van der Waals surface area contributed by atoms with Gasteiger partial charge in [-0.15, -0.1) is 11.3 Å². The summed E-state index contributed by atoms with van der Waals surface area (Å²) >= 11 is 5.43. The third-order valence-electron chi connectivity index (χ3n) is 4.53. The maximum Gasteiger partial charge on any atom is 0.142 e. The standard InChI is InChI=1S/C18H18BrN3S.ClH/c1-10-3-6-13-15(7-10)23-18-16(13)17(20-9-21-18)22-12-5-4-11(2)14(19)8-12;/h4-5,8-10H,3,6-7H2,1-2H3,(H,20,21,22);1H/p-1. The van der Waals surface area contributed by atoms with Crippen molar-refractivity contribution in [2.24, 2.45) is 5.92 Å². The summed E-state index contributed by atoms with van der Waals surface area (Å²) < 4.78 is 1.11. The zero-order valence-corrected chi connectivity index (χ0v) is 16.7. The van der Waals surface area contributed by atoms with E-state index >= 15 is 0 Å². The smallest absolute Gasteiger partial charge is 0.142 e. The zero-order chi connectivity index (χ0) is 16.0. The Morgan fingerprint density at radius 3 is 2.92 bits per heavy atom. The first-order chi connectivity index (χ1) is 11.1. The molecule has 0 saturated carbocycles. The number of halogens is 2. The molecule has 1 aliphatic rings. The van der Waals surface area contributed by atoms with Crippen LogP contribution < -0.4 is 17.7 Å². The molecule has 0 aliphatic heterocycles. The highest BCUT2D eigenvalue weighted by atomic mass is 79.9. The second-order valence-electron chi connectivity index (χ2n) is 6.34. The highest BCUT2D eigenvalue weighted by Gasteiger charge is 2.23. The minimum absolute atomic E-state index is 0. The normalized spacial score (nSPS) is 16.5. The molecule has 0 fully saturated rings. The third-order valence-corrected chi connectivity index (χ3v) is 6.54. The SMILES string of the molecule is Cc1ccc(Nc2ncnc3sc4c(c23)CCC(C)C4)cc1Br.[Cl-]. The summed E-state index contributed by atoms with van der Waals surface area (Å²) in [5.41, 5.74) is 3.73. The number of anilines is 2. The maximum absolute atomic E-state index is 4.52. The van der Waals surface area contributed by atoms with Crippen molar-refractivity contribution in [1.29, 1.82) is 0 Å². The summed E-state index contributed by atoms with van der Waals surface area (Å²) in [6, 6.07) is 6.30. The third kappa shape index (κ3) is 3.17. The topological polar surface area (TPSA) is 37.8 Å². The Morgan fingerprint density at radius 1 is 1.29 bits per heavy atom. The van der Waals surface area contributed by atoms with E-state index in [4.69, 9.17) is 0 Å². The predicted molar refractivity (Wildman–Crippen MR) is 101 cm³/mol. The van der Waals surface area contributed by atoms with Gasteiger partial charge in [0.25, 0.3) is 0 Å². The molecule has 0 spiro atoms. The number of aryl methyl sites for hydroxylation is 2. The van der Waals surface area contributed by atoms with Crippen molar-refractivity contribution in [3.8, 4) is 0 Å². The molecule has 0 amide bonds. The van der Waals surface area contributed by atoms with Crippen LogP contribution in [0, 0.1) is 12.8 Å². The molecule has 3 aromatic rings. The summed E-state index contributed by atoms with van der Waals surface area (Å²) in [5, 5.41) is 4.71. The molecule has 0 radical (unpaired) electrons. The van der Waals surface area contributed by atoms with Gasteiger partial charge in [-0.05, 0) is 55.4 Å². The van der Waals surface area contributed by atoms with Crippen molar-refractivity contribution in [1.82, 2.24) is 9.97 Å². The van der Waals surface area contributed by atoms with Gasteiger partial charge in [-0.1, -0.05) is 28.9 Å². The number of hydrogen-bond acceptors (Lipinski definition) is 4. The van der Waals surface area contributed by atoms with Gasteiger partial charge >= 0.3 is 0 Å². The van der Waals surface area contributed by atoms with Crippen molar-refractivity contribution in [3.63, 3.8) is 0 Å². The monoisotopic (exact) mass is 422 g/mol. The Balaban J connectivity index is 0.00000169. The van der Waals surface area contributed by atoms with Crippen LogP contribution in [0.4, 0.5) is 11.5 Å². The molecule has 1 atom stereocenters. The van der Waals surface area contributed by atoms with Gasteiger partial charge in [0.2, 0.25) is 0 Å². The fourth-order valence-electron chi connectivity index (χ4n) is 3.18. The second kappa shape index (κ2) is 6.98. The van der Waals surface area contributed by atoms with E-state index in [2.05, 4.69) is 63.3 Å². The van der Waals surface area contributed by atoms with Crippen LogP contribution in [0.1, 0.15) is 29.3 Å². The first-order valence-electron chi connectivity index (χ1n) is 7.90. The lowest BCUT2D eigenvalue weighted by molar-refractivity contribution is -0.00000467. The van der Waals surface area contributed by atoms with Crippen molar-refractivity contribution in [2.75, 3.05) is 5.32 Å². The number of aromatic nitrogens is 2. The molecular weight excluding hydrogens is 406 g/mol. The van der Waals surface area contributed by atoms with E-state index < -0.39 is 0 Å². The molecule has 1 unspecified atom stereocenters. The van der Waals surface area contributed by atoms with Crippen molar-refractivity contribution < 1.29 is 12.4 Å². The van der Waals surface area contributed by atoms with E-state index in [1.165, 1.54) is 34.2 Å². The van der Waals surface area contributed by atoms with Crippen LogP contribution in [0.3, 0.4) is 0 Å². The number of nitrogens with zero attached hydrogens (tertiary/aromatic N) is 2. The summed E-state index contributed by atoms with van der Waals surface area (Å²) in [6.07, 6.45) is 5.23. The molecule has 3 nitrogen and oxygen atoms in total. The van der Waals surface area contributed by atoms with Crippen molar-refractivity contribution >= 4 is 49.0 Å². The van der Waals surface area contributed by atoms with Gasteiger partial charge in [-0.25, -0.2) is 9.97 Å². The molecule has 1 N–H and O–H groups in total. The van der Waals surface area contributed by atoms with Gasteiger partial charge in [-0.3, -0.25) is 0 Å².